The summed E-state index contributed by atoms with van der Waals surface area (Å²) < 4.78 is 0. The van der Waals surface area contributed by atoms with Gasteiger partial charge in [0.2, 0.25) is 0 Å². The lowest BCUT2D eigenvalue weighted by Crippen LogP contribution is -2.43. The molecule has 332 valence electrons. The van der Waals surface area contributed by atoms with Crippen molar-refractivity contribution in [3.63, 3.8) is 0 Å². The van der Waals surface area contributed by atoms with Crippen molar-refractivity contribution in [2.24, 2.45) is 0 Å². The summed E-state index contributed by atoms with van der Waals surface area (Å²) in [4.78, 5) is 27.2. The van der Waals surface area contributed by atoms with Crippen molar-refractivity contribution in [3.05, 3.63) is 80.3 Å². The Morgan fingerprint density at radius 3 is 1.28 bits per heavy atom. The molecule has 0 unspecified atom stereocenters. The Morgan fingerprint density at radius 1 is 0.406 bits per heavy atom. The molecule has 0 N–H and O–H groups in total. The molecule has 0 saturated carbocycles. The molecule has 64 heavy (non-hydrogen) atoms. The Hall–Kier alpha value is -2.73. The molecule has 0 spiro atoms. The van der Waals surface area contributed by atoms with E-state index in [1.165, 1.54) is 69.7 Å². The van der Waals surface area contributed by atoms with Gasteiger partial charge in [-0.25, -0.2) is 9.97 Å². The molecule has 0 saturated heterocycles. The standard InChI is InChI=1S/C52H58N2S8Si2/c1-29(2)63(30(3)4,31(5)6)25-23-37-15-17-43(57-37)45-21-19-41(59-45)39-27-35(13)55-48(39)49-40(28-47(61-49)50-54-52-51(62-50)53-36(14)56-52)42-20-22-46(60-42)44-18-16-38(58-44)24-26-64(32(7)8,33(9)10)34(11)12/h15-22,27-34H,1-14H3. The number of hydrogen-bond donors (Lipinski definition) is 0. The third-order valence-electron chi connectivity index (χ3n) is 13.1. The molecule has 0 bridgehead atoms. The van der Waals surface area contributed by atoms with Crippen LogP contribution in [0.4, 0.5) is 0 Å². The van der Waals surface area contributed by atoms with Gasteiger partial charge in [0.05, 0.1) is 29.4 Å². The highest BCUT2D eigenvalue weighted by Crippen LogP contribution is 2.53. The first-order valence-electron chi connectivity index (χ1n) is 22.4. The highest BCUT2D eigenvalue weighted by atomic mass is 32.1. The smallest absolute Gasteiger partial charge is 0.155 e. The van der Waals surface area contributed by atoms with Crippen molar-refractivity contribution in [2.75, 3.05) is 0 Å². The number of thiazole rings is 2. The second kappa shape index (κ2) is 19.1. The van der Waals surface area contributed by atoms with Crippen LogP contribution in [0.15, 0.2) is 60.7 Å². The molecule has 0 aliphatic heterocycles. The maximum atomic E-state index is 5.12. The molecule has 8 heterocycles. The zero-order valence-corrected chi connectivity index (χ0v) is 47.9. The van der Waals surface area contributed by atoms with Gasteiger partial charge in [0, 0.05) is 45.3 Å². The Kier molecular flexibility index (Phi) is 14.3. The van der Waals surface area contributed by atoms with E-state index in [2.05, 4.69) is 181 Å². The zero-order chi connectivity index (χ0) is 45.8. The van der Waals surface area contributed by atoms with E-state index >= 15 is 0 Å². The molecular formula is C52H58N2S8Si2. The minimum absolute atomic E-state index is 0.616. The van der Waals surface area contributed by atoms with E-state index in [0.717, 1.165) is 19.7 Å². The van der Waals surface area contributed by atoms with E-state index in [-0.39, 0.29) is 0 Å². The van der Waals surface area contributed by atoms with Crippen LogP contribution in [0.2, 0.25) is 33.2 Å². The Bertz CT molecular complexity index is 2970. The van der Waals surface area contributed by atoms with Crippen LogP contribution in [0.1, 0.15) is 103 Å². The molecule has 0 aliphatic carbocycles. The van der Waals surface area contributed by atoms with Gasteiger partial charge < -0.3 is 0 Å². The fourth-order valence-corrected chi connectivity index (χ4v) is 29.1. The summed E-state index contributed by atoms with van der Waals surface area (Å²) in [6.07, 6.45) is 0. The van der Waals surface area contributed by atoms with Crippen LogP contribution < -0.4 is 0 Å². The molecule has 8 rings (SSSR count). The van der Waals surface area contributed by atoms with Crippen molar-refractivity contribution < 1.29 is 0 Å². The topological polar surface area (TPSA) is 25.8 Å². The van der Waals surface area contributed by atoms with Gasteiger partial charge in [0.25, 0.3) is 0 Å². The lowest BCUT2D eigenvalue weighted by Gasteiger charge is -2.38. The van der Waals surface area contributed by atoms with Gasteiger partial charge in [-0.15, -0.1) is 79.1 Å². The molecule has 0 atom stereocenters. The Morgan fingerprint density at radius 2 is 0.812 bits per heavy atom. The van der Waals surface area contributed by atoms with Gasteiger partial charge in [-0.1, -0.05) is 118 Å². The number of fused-ring (bicyclic) bond motifs is 1. The summed E-state index contributed by atoms with van der Waals surface area (Å²) in [6, 6.07) is 23.1. The van der Waals surface area contributed by atoms with Gasteiger partial charge in [-0.05, 0) is 108 Å². The van der Waals surface area contributed by atoms with Crippen molar-refractivity contribution in [3.8, 4) is 83.0 Å². The molecule has 8 aromatic heterocycles. The molecule has 2 nitrogen and oxygen atoms in total. The number of nitrogens with zero attached hydrogens (tertiary/aromatic N) is 2. The van der Waals surface area contributed by atoms with Gasteiger partial charge >= 0.3 is 0 Å². The van der Waals surface area contributed by atoms with E-state index in [4.69, 9.17) is 9.97 Å². The summed E-state index contributed by atoms with van der Waals surface area (Å²) in [5.74, 6) is 7.41. The third-order valence-corrected chi connectivity index (χ3v) is 34.7. The summed E-state index contributed by atoms with van der Waals surface area (Å²) in [5, 5.41) is 2.11. The largest absolute Gasteiger partial charge is 0.229 e. The summed E-state index contributed by atoms with van der Waals surface area (Å²) in [7, 11) is -3.62. The molecule has 12 heteroatoms. The SMILES string of the molecule is Cc1cc(-c2ccc(-c3ccc(C#C[Si](C(C)C)(C(C)C)C(C)C)s3)s2)c(-c2sc(-c3nc4sc(C)nc4s3)cc2-c2ccc(-c3ccc(C#C[Si](C(C)C)(C(C)C)C(C)C)s3)s2)s1. The van der Waals surface area contributed by atoms with Crippen LogP contribution >= 0.6 is 90.7 Å². The van der Waals surface area contributed by atoms with E-state index in [0.29, 0.717) is 33.2 Å². The zero-order valence-electron chi connectivity index (χ0n) is 39.4. The minimum Gasteiger partial charge on any atom is -0.229 e. The van der Waals surface area contributed by atoms with E-state index in [9.17, 15) is 0 Å². The minimum atomic E-state index is -1.82. The Labute approximate surface area is 416 Å². The Balaban J connectivity index is 1.15. The van der Waals surface area contributed by atoms with Crippen LogP contribution in [0.3, 0.4) is 0 Å². The molecule has 0 radical (unpaired) electrons. The van der Waals surface area contributed by atoms with Crippen molar-refractivity contribution in [1.82, 2.24) is 9.97 Å². The average molecular weight is 1020 g/mol. The molecule has 0 amide bonds. The van der Waals surface area contributed by atoms with E-state index < -0.39 is 16.1 Å². The highest BCUT2D eigenvalue weighted by molar-refractivity contribution is 7.31. The van der Waals surface area contributed by atoms with Crippen LogP contribution in [-0.4, -0.2) is 26.1 Å². The number of rotatable bonds is 12. The van der Waals surface area contributed by atoms with Crippen LogP contribution in [0.5, 0.6) is 0 Å². The molecule has 0 aliphatic rings. The maximum absolute atomic E-state index is 5.12. The number of thiophene rings is 6. The normalized spacial score (nSPS) is 12.5. The fraction of sp³-hybridized carbons (Fsp3) is 0.385. The predicted molar refractivity (Wildman–Crippen MR) is 300 cm³/mol. The average Bonchev–Trinajstić information content (AvgIpc) is 4.07. The molecule has 0 fully saturated rings. The second-order valence-electron chi connectivity index (χ2n) is 18.8. The van der Waals surface area contributed by atoms with E-state index in [1.807, 2.05) is 68.0 Å². The first-order valence-corrected chi connectivity index (χ1v) is 33.4. The van der Waals surface area contributed by atoms with Gasteiger partial charge in [-0.3, -0.25) is 0 Å². The van der Waals surface area contributed by atoms with Gasteiger partial charge in [0.15, 0.2) is 9.66 Å². The van der Waals surface area contributed by atoms with Crippen LogP contribution in [0, 0.1) is 36.8 Å². The lowest BCUT2D eigenvalue weighted by atomic mass is 10.1. The maximum Gasteiger partial charge on any atom is 0.155 e. The first kappa shape index (κ1) is 47.8. The number of aromatic nitrogens is 2. The number of aryl methyl sites for hydroxylation is 2. The second-order valence-corrected chi connectivity index (χ2v) is 38.7. The van der Waals surface area contributed by atoms with Crippen molar-refractivity contribution >= 4 is 117 Å². The monoisotopic (exact) mass is 1020 g/mol. The fourth-order valence-electron chi connectivity index (χ4n) is 10.1. The van der Waals surface area contributed by atoms with Crippen LogP contribution in [0.25, 0.3) is 69.7 Å². The molecule has 0 aromatic carbocycles. The first-order chi connectivity index (χ1) is 30.4. The summed E-state index contributed by atoms with van der Waals surface area (Å²) in [6.45, 7) is 33.0. The van der Waals surface area contributed by atoms with Gasteiger partial charge in [-0.2, -0.15) is 0 Å². The number of hydrogen-bond acceptors (Lipinski definition) is 10. The molecule has 8 aromatic rings. The highest BCUT2D eigenvalue weighted by Gasteiger charge is 2.42. The summed E-state index contributed by atoms with van der Waals surface area (Å²) in [5.41, 5.74) is 14.2. The third kappa shape index (κ3) is 9.03. The van der Waals surface area contributed by atoms with Crippen molar-refractivity contribution in [1.29, 1.82) is 0 Å². The predicted octanol–water partition coefficient (Wildman–Crippen LogP) is 19.9. The van der Waals surface area contributed by atoms with Gasteiger partial charge in [0.1, 0.15) is 21.2 Å². The summed E-state index contributed by atoms with van der Waals surface area (Å²) >= 11 is 14.6. The molecular weight excluding hydrogens is 965 g/mol. The quantitative estimate of drug-likeness (QED) is 0.0900. The van der Waals surface area contributed by atoms with Crippen LogP contribution in [-0.2, 0) is 0 Å². The lowest BCUT2D eigenvalue weighted by molar-refractivity contribution is 0.838. The van der Waals surface area contributed by atoms with E-state index in [1.54, 1.807) is 22.7 Å². The van der Waals surface area contributed by atoms with Crippen molar-refractivity contribution in [2.45, 2.75) is 130 Å².